The number of rotatable bonds is 8. The maximum absolute atomic E-state index is 12.3. The molecule has 1 amide bonds. The van der Waals surface area contributed by atoms with Gasteiger partial charge in [-0.25, -0.2) is 4.79 Å². The molecule has 1 heterocycles. The standard InChI is InChI=1S/C17H23N3O6/c1-12(16(21)19-8-3-4-9-19)26-17(22)13-5-6-14(18-7-10-25-2)15(11-13)20(23)24/h5-6,11-12,18H,3-4,7-10H2,1-2H3. The number of amides is 1. The molecule has 26 heavy (non-hydrogen) atoms. The predicted octanol–water partition coefficient (Wildman–Crippen LogP) is 1.82. The van der Waals surface area contributed by atoms with Crippen molar-refractivity contribution in [3.63, 3.8) is 0 Å². The fourth-order valence-corrected chi connectivity index (χ4v) is 2.72. The van der Waals surface area contributed by atoms with E-state index in [4.69, 9.17) is 9.47 Å². The van der Waals surface area contributed by atoms with Gasteiger partial charge in [0.25, 0.3) is 11.6 Å². The molecule has 0 aromatic heterocycles. The van der Waals surface area contributed by atoms with Crippen LogP contribution in [-0.2, 0) is 14.3 Å². The summed E-state index contributed by atoms with van der Waals surface area (Å²) in [7, 11) is 1.53. The van der Waals surface area contributed by atoms with Crippen LogP contribution >= 0.6 is 0 Å². The van der Waals surface area contributed by atoms with Crippen LogP contribution in [0.5, 0.6) is 0 Å². The lowest BCUT2D eigenvalue weighted by molar-refractivity contribution is -0.384. The molecule has 1 unspecified atom stereocenters. The summed E-state index contributed by atoms with van der Waals surface area (Å²) in [6.07, 6.45) is 0.950. The van der Waals surface area contributed by atoms with Crippen molar-refractivity contribution in [2.24, 2.45) is 0 Å². The van der Waals surface area contributed by atoms with Gasteiger partial charge in [-0.1, -0.05) is 0 Å². The van der Waals surface area contributed by atoms with Gasteiger partial charge in [-0.3, -0.25) is 14.9 Å². The van der Waals surface area contributed by atoms with Crippen molar-refractivity contribution in [1.29, 1.82) is 0 Å². The van der Waals surface area contributed by atoms with Crippen molar-refractivity contribution in [3.8, 4) is 0 Å². The lowest BCUT2D eigenvalue weighted by Crippen LogP contribution is -2.38. The zero-order valence-corrected chi connectivity index (χ0v) is 14.9. The van der Waals surface area contributed by atoms with Crippen LogP contribution < -0.4 is 5.32 Å². The van der Waals surface area contributed by atoms with Crippen LogP contribution in [0.25, 0.3) is 0 Å². The van der Waals surface area contributed by atoms with E-state index in [0.717, 1.165) is 18.9 Å². The summed E-state index contributed by atoms with van der Waals surface area (Å²) >= 11 is 0. The molecule has 1 fully saturated rings. The molecule has 9 heteroatoms. The Morgan fingerprint density at radius 2 is 2.04 bits per heavy atom. The van der Waals surface area contributed by atoms with Gasteiger partial charge in [-0.05, 0) is 31.9 Å². The van der Waals surface area contributed by atoms with Gasteiger partial charge in [0.05, 0.1) is 17.1 Å². The largest absolute Gasteiger partial charge is 0.449 e. The van der Waals surface area contributed by atoms with Crippen LogP contribution in [0, 0.1) is 10.1 Å². The van der Waals surface area contributed by atoms with Crippen LogP contribution in [-0.4, -0.2) is 61.2 Å². The highest BCUT2D eigenvalue weighted by atomic mass is 16.6. The molecule has 9 nitrogen and oxygen atoms in total. The van der Waals surface area contributed by atoms with E-state index in [2.05, 4.69) is 5.32 Å². The second kappa shape index (κ2) is 9.14. The highest BCUT2D eigenvalue weighted by molar-refractivity contribution is 5.93. The number of benzene rings is 1. The smallest absolute Gasteiger partial charge is 0.339 e. The molecule has 1 aromatic carbocycles. The van der Waals surface area contributed by atoms with Gasteiger partial charge >= 0.3 is 5.97 Å². The predicted molar refractivity (Wildman–Crippen MR) is 94.2 cm³/mol. The number of hydrogen-bond acceptors (Lipinski definition) is 7. The summed E-state index contributed by atoms with van der Waals surface area (Å²) in [6.45, 7) is 3.61. The van der Waals surface area contributed by atoms with E-state index >= 15 is 0 Å². The summed E-state index contributed by atoms with van der Waals surface area (Å²) in [6, 6.07) is 4.01. The molecule has 1 aliphatic rings. The second-order valence-electron chi connectivity index (χ2n) is 5.99. The number of methoxy groups -OCH3 is 1. The quantitative estimate of drug-likeness (QED) is 0.324. The average molecular weight is 365 g/mol. The van der Waals surface area contributed by atoms with Gasteiger partial charge in [0.1, 0.15) is 5.69 Å². The molecular weight excluding hydrogens is 342 g/mol. The molecular formula is C17H23N3O6. The van der Waals surface area contributed by atoms with E-state index in [1.165, 1.54) is 26.2 Å². The zero-order valence-electron chi connectivity index (χ0n) is 14.9. The third-order valence-electron chi connectivity index (χ3n) is 4.10. The average Bonchev–Trinajstić information content (AvgIpc) is 3.15. The molecule has 0 radical (unpaired) electrons. The Morgan fingerprint density at radius 3 is 2.65 bits per heavy atom. The molecule has 1 saturated heterocycles. The van der Waals surface area contributed by atoms with E-state index in [9.17, 15) is 19.7 Å². The number of nitro groups is 1. The second-order valence-corrected chi connectivity index (χ2v) is 5.99. The summed E-state index contributed by atoms with van der Waals surface area (Å²) in [5.74, 6) is -1.01. The van der Waals surface area contributed by atoms with Crippen LogP contribution in [0.2, 0.25) is 0 Å². The number of nitro benzene ring substituents is 1. The lowest BCUT2D eigenvalue weighted by atomic mass is 10.1. The lowest BCUT2D eigenvalue weighted by Gasteiger charge is -2.20. The number of nitrogens with zero attached hydrogens (tertiary/aromatic N) is 2. The third kappa shape index (κ3) is 4.92. The Labute approximate surface area is 151 Å². The maximum atomic E-state index is 12.3. The number of likely N-dealkylation sites (tertiary alicyclic amines) is 1. The summed E-state index contributed by atoms with van der Waals surface area (Å²) in [5, 5.41) is 14.1. The van der Waals surface area contributed by atoms with Crippen molar-refractivity contribution in [1.82, 2.24) is 4.90 Å². The monoisotopic (exact) mass is 365 g/mol. The minimum absolute atomic E-state index is 0.0232. The Bertz CT molecular complexity index is 672. The molecule has 0 aliphatic carbocycles. The molecule has 1 N–H and O–H groups in total. The topological polar surface area (TPSA) is 111 Å². The van der Waals surface area contributed by atoms with Gasteiger partial charge in [0.2, 0.25) is 0 Å². The van der Waals surface area contributed by atoms with E-state index in [1.807, 2.05) is 0 Å². The highest BCUT2D eigenvalue weighted by Gasteiger charge is 2.27. The molecule has 142 valence electrons. The van der Waals surface area contributed by atoms with Crippen molar-refractivity contribution in [3.05, 3.63) is 33.9 Å². The first-order valence-electron chi connectivity index (χ1n) is 8.45. The van der Waals surface area contributed by atoms with Crippen molar-refractivity contribution < 1.29 is 24.0 Å². The molecule has 1 aliphatic heterocycles. The first kappa shape index (κ1) is 19.6. The van der Waals surface area contributed by atoms with E-state index < -0.39 is 17.0 Å². The fraction of sp³-hybridized carbons (Fsp3) is 0.529. The number of carbonyl (C=O) groups excluding carboxylic acids is 2. The molecule has 2 rings (SSSR count). The van der Waals surface area contributed by atoms with Crippen LogP contribution in [0.4, 0.5) is 11.4 Å². The van der Waals surface area contributed by atoms with E-state index in [-0.39, 0.29) is 22.8 Å². The van der Waals surface area contributed by atoms with Gasteiger partial charge < -0.3 is 19.7 Å². The van der Waals surface area contributed by atoms with Crippen molar-refractivity contribution in [2.45, 2.75) is 25.9 Å². The first-order valence-corrected chi connectivity index (χ1v) is 8.45. The van der Waals surface area contributed by atoms with Crippen LogP contribution in [0.3, 0.4) is 0 Å². The van der Waals surface area contributed by atoms with Gasteiger partial charge in [0, 0.05) is 32.8 Å². The minimum atomic E-state index is -0.931. The number of hydrogen-bond donors (Lipinski definition) is 1. The Kier molecular flexibility index (Phi) is 6.90. The molecule has 1 atom stereocenters. The highest BCUT2D eigenvalue weighted by Crippen LogP contribution is 2.26. The maximum Gasteiger partial charge on any atom is 0.339 e. The van der Waals surface area contributed by atoms with Gasteiger partial charge in [-0.15, -0.1) is 0 Å². The van der Waals surface area contributed by atoms with E-state index in [0.29, 0.717) is 26.2 Å². The molecule has 1 aromatic rings. The summed E-state index contributed by atoms with van der Waals surface area (Å²) in [5.41, 5.74) is 0.0638. The first-order chi connectivity index (χ1) is 12.4. The SMILES string of the molecule is COCCNc1ccc(C(=O)OC(C)C(=O)N2CCCC2)cc1[N+](=O)[O-]. The number of ether oxygens (including phenoxy) is 2. The van der Waals surface area contributed by atoms with E-state index in [1.54, 1.807) is 4.90 Å². The van der Waals surface area contributed by atoms with Gasteiger partial charge in [0.15, 0.2) is 6.10 Å². The third-order valence-corrected chi connectivity index (χ3v) is 4.10. The Hall–Kier alpha value is -2.68. The normalized spacial score (nSPS) is 14.8. The Balaban J connectivity index is 2.06. The minimum Gasteiger partial charge on any atom is -0.449 e. The molecule has 0 spiro atoms. The van der Waals surface area contributed by atoms with Crippen molar-refractivity contribution in [2.75, 3.05) is 38.7 Å². The van der Waals surface area contributed by atoms with Gasteiger partial charge in [-0.2, -0.15) is 0 Å². The van der Waals surface area contributed by atoms with Crippen LogP contribution in [0.15, 0.2) is 18.2 Å². The van der Waals surface area contributed by atoms with Crippen molar-refractivity contribution >= 4 is 23.3 Å². The number of carbonyl (C=O) groups is 2. The number of nitrogens with one attached hydrogen (secondary N) is 1. The summed E-state index contributed by atoms with van der Waals surface area (Å²) in [4.78, 5) is 36.8. The molecule has 0 saturated carbocycles. The number of esters is 1. The zero-order chi connectivity index (χ0) is 19.1. The summed E-state index contributed by atoms with van der Waals surface area (Å²) < 4.78 is 10.1. The Morgan fingerprint density at radius 1 is 1.35 bits per heavy atom. The number of anilines is 1. The molecule has 0 bridgehead atoms. The fourth-order valence-electron chi connectivity index (χ4n) is 2.72. The van der Waals surface area contributed by atoms with Crippen LogP contribution in [0.1, 0.15) is 30.1 Å².